The maximum absolute atomic E-state index is 13.1. The lowest BCUT2D eigenvalue weighted by Crippen LogP contribution is -2.60. The second-order valence-corrected chi connectivity index (χ2v) is 2.74. The Labute approximate surface area is 66.6 Å². The number of rotatable bonds is 1. The van der Waals surface area contributed by atoms with Crippen molar-refractivity contribution in [3.8, 4) is 0 Å². The molecule has 1 aliphatic rings. The molecule has 1 unspecified atom stereocenters. The van der Waals surface area contributed by atoms with Crippen LogP contribution in [0.4, 0.5) is 13.2 Å². The number of hydrogen-bond acceptors (Lipinski definition) is 2. The lowest BCUT2D eigenvalue weighted by Gasteiger charge is -2.34. The van der Waals surface area contributed by atoms with Crippen LogP contribution in [0.25, 0.3) is 0 Å². The standard InChI is InChI=1S/C6H8F3NO2/c7-5(4(11)12)1-2-10-3-6(5,8)9/h10H,1-3H2,(H,11,12). The molecule has 1 fully saturated rings. The fraction of sp³-hybridized carbons (Fsp3) is 0.833. The molecule has 1 rings (SSSR count). The number of carbonyl (C=O) groups is 1. The first kappa shape index (κ1) is 9.31. The van der Waals surface area contributed by atoms with Crippen LogP contribution in [0.15, 0.2) is 0 Å². The first-order valence-corrected chi connectivity index (χ1v) is 3.41. The Morgan fingerprint density at radius 1 is 1.42 bits per heavy atom. The van der Waals surface area contributed by atoms with Crippen molar-refractivity contribution in [3.63, 3.8) is 0 Å². The highest BCUT2D eigenvalue weighted by molar-refractivity contribution is 5.79. The first-order valence-electron chi connectivity index (χ1n) is 3.41. The smallest absolute Gasteiger partial charge is 0.348 e. The average molecular weight is 183 g/mol. The molecule has 0 aromatic carbocycles. The number of hydrogen-bond donors (Lipinski definition) is 2. The van der Waals surface area contributed by atoms with E-state index < -0.39 is 30.5 Å². The zero-order chi connectivity index (χ0) is 9.41. The molecule has 1 heterocycles. The van der Waals surface area contributed by atoms with Crippen LogP contribution < -0.4 is 5.32 Å². The third kappa shape index (κ3) is 1.16. The minimum Gasteiger partial charge on any atom is -0.479 e. The molecule has 0 bridgehead atoms. The van der Waals surface area contributed by atoms with Crippen LogP contribution in [-0.2, 0) is 4.79 Å². The maximum atomic E-state index is 13.1. The average Bonchev–Trinajstić information content (AvgIpc) is 1.95. The predicted molar refractivity (Wildman–Crippen MR) is 33.9 cm³/mol. The molecule has 0 saturated carbocycles. The van der Waals surface area contributed by atoms with E-state index in [4.69, 9.17) is 5.11 Å². The van der Waals surface area contributed by atoms with Gasteiger partial charge in [-0.15, -0.1) is 0 Å². The highest BCUT2D eigenvalue weighted by Crippen LogP contribution is 2.37. The van der Waals surface area contributed by atoms with Gasteiger partial charge >= 0.3 is 11.9 Å². The number of carboxylic acid groups (broad SMARTS) is 1. The summed E-state index contributed by atoms with van der Waals surface area (Å²) in [6.45, 7) is -0.964. The molecule has 0 amide bonds. The van der Waals surface area contributed by atoms with Crippen molar-refractivity contribution in [2.75, 3.05) is 13.1 Å². The van der Waals surface area contributed by atoms with Crippen LogP contribution in [0.5, 0.6) is 0 Å². The van der Waals surface area contributed by atoms with E-state index in [1.807, 2.05) is 0 Å². The number of carboxylic acids is 1. The number of piperidine rings is 1. The number of aliphatic carboxylic acids is 1. The summed E-state index contributed by atoms with van der Waals surface area (Å²) in [6.07, 6.45) is -0.699. The van der Waals surface area contributed by atoms with Crippen molar-refractivity contribution in [1.29, 1.82) is 0 Å². The molecule has 12 heavy (non-hydrogen) atoms. The van der Waals surface area contributed by atoms with Gasteiger partial charge in [-0.2, -0.15) is 0 Å². The lowest BCUT2D eigenvalue weighted by molar-refractivity contribution is -0.190. The minimum absolute atomic E-state index is 0.0433. The van der Waals surface area contributed by atoms with Gasteiger partial charge in [-0.05, 0) is 6.54 Å². The Morgan fingerprint density at radius 2 is 2.00 bits per heavy atom. The number of alkyl halides is 3. The Kier molecular flexibility index (Phi) is 2.03. The molecule has 0 spiro atoms. The van der Waals surface area contributed by atoms with Gasteiger partial charge in [0.15, 0.2) is 0 Å². The third-order valence-electron chi connectivity index (χ3n) is 1.91. The Morgan fingerprint density at radius 3 is 2.33 bits per heavy atom. The van der Waals surface area contributed by atoms with Crippen molar-refractivity contribution in [2.24, 2.45) is 0 Å². The van der Waals surface area contributed by atoms with Gasteiger partial charge in [-0.25, -0.2) is 18.0 Å². The SMILES string of the molecule is O=C(O)C1(F)CCNCC1(F)F. The van der Waals surface area contributed by atoms with E-state index in [2.05, 4.69) is 5.32 Å². The molecule has 3 nitrogen and oxygen atoms in total. The molecule has 6 heteroatoms. The van der Waals surface area contributed by atoms with Gasteiger partial charge in [0.25, 0.3) is 5.67 Å². The summed E-state index contributed by atoms with van der Waals surface area (Å²) in [5.41, 5.74) is -3.40. The molecule has 0 aromatic rings. The van der Waals surface area contributed by atoms with Gasteiger partial charge in [0.1, 0.15) is 0 Å². The Hall–Kier alpha value is -0.780. The van der Waals surface area contributed by atoms with E-state index >= 15 is 0 Å². The zero-order valence-corrected chi connectivity index (χ0v) is 6.11. The lowest BCUT2D eigenvalue weighted by atomic mass is 9.91. The molecule has 1 aliphatic heterocycles. The normalized spacial score (nSPS) is 34.6. The fourth-order valence-corrected chi connectivity index (χ4v) is 1.09. The molecule has 1 saturated heterocycles. The molecule has 0 aromatic heterocycles. The van der Waals surface area contributed by atoms with Crippen molar-refractivity contribution >= 4 is 5.97 Å². The quantitative estimate of drug-likeness (QED) is 0.619. The second kappa shape index (κ2) is 2.62. The van der Waals surface area contributed by atoms with Gasteiger partial charge in [0.2, 0.25) is 0 Å². The molecular weight excluding hydrogens is 175 g/mol. The summed E-state index contributed by atoms with van der Waals surface area (Å²) in [5, 5.41) is 10.5. The van der Waals surface area contributed by atoms with E-state index in [0.717, 1.165) is 0 Å². The van der Waals surface area contributed by atoms with Gasteiger partial charge < -0.3 is 10.4 Å². The predicted octanol–water partition coefficient (Wildman–Crippen LogP) is 0.408. The van der Waals surface area contributed by atoms with E-state index in [-0.39, 0.29) is 6.54 Å². The van der Waals surface area contributed by atoms with E-state index in [1.165, 1.54) is 0 Å². The topological polar surface area (TPSA) is 49.3 Å². The number of nitrogens with one attached hydrogen (secondary N) is 1. The molecule has 0 radical (unpaired) electrons. The van der Waals surface area contributed by atoms with E-state index in [0.29, 0.717) is 0 Å². The third-order valence-corrected chi connectivity index (χ3v) is 1.91. The maximum Gasteiger partial charge on any atom is 0.348 e. The molecule has 70 valence electrons. The van der Waals surface area contributed by atoms with Crippen LogP contribution >= 0.6 is 0 Å². The minimum atomic E-state index is -3.82. The summed E-state index contributed by atoms with van der Waals surface area (Å²) in [6, 6.07) is 0. The van der Waals surface area contributed by atoms with Crippen LogP contribution in [0.1, 0.15) is 6.42 Å². The first-order chi connectivity index (χ1) is 5.40. The Bertz CT molecular complexity index is 209. The van der Waals surface area contributed by atoms with Crippen LogP contribution in [0.3, 0.4) is 0 Å². The van der Waals surface area contributed by atoms with Gasteiger partial charge in [-0.3, -0.25) is 0 Å². The highest BCUT2D eigenvalue weighted by Gasteiger charge is 2.61. The Balaban J connectivity index is 2.91. The highest BCUT2D eigenvalue weighted by atomic mass is 19.3. The van der Waals surface area contributed by atoms with Crippen LogP contribution in [0.2, 0.25) is 0 Å². The van der Waals surface area contributed by atoms with Crippen LogP contribution in [-0.4, -0.2) is 35.8 Å². The van der Waals surface area contributed by atoms with Gasteiger partial charge in [0, 0.05) is 6.42 Å². The summed E-state index contributed by atoms with van der Waals surface area (Å²) >= 11 is 0. The van der Waals surface area contributed by atoms with Crippen molar-refractivity contribution in [2.45, 2.75) is 18.0 Å². The zero-order valence-electron chi connectivity index (χ0n) is 6.11. The summed E-state index contributed by atoms with van der Waals surface area (Å²) in [5.74, 6) is -5.91. The fourth-order valence-electron chi connectivity index (χ4n) is 1.09. The molecule has 1 atom stereocenters. The molecular formula is C6H8F3NO2. The van der Waals surface area contributed by atoms with E-state index in [1.54, 1.807) is 0 Å². The summed E-state index contributed by atoms with van der Waals surface area (Å²) < 4.78 is 38.5. The van der Waals surface area contributed by atoms with Crippen LogP contribution in [0, 0.1) is 0 Å². The van der Waals surface area contributed by atoms with Gasteiger partial charge in [-0.1, -0.05) is 0 Å². The largest absolute Gasteiger partial charge is 0.479 e. The molecule has 0 aliphatic carbocycles. The van der Waals surface area contributed by atoms with Crippen molar-refractivity contribution in [1.82, 2.24) is 5.32 Å². The van der Waals surface area contributed by atoms with Gasteiger partial charge in [0.05, 0.1) is 6.54 Å². The van der Waals surface area contributed by atoms with E-state index in [9.17, 15) is 18.0 Å². The second-order valence-electron chi connectivity index (χ2n) is 2.74. The summed E-state index contributed by atoms with van der Waals surface area (Å²) in [7, 11) is 0. The summed E-state index contributed by atoms with van der Waals surface area (Å²) in [4.78, 5) is 10.2. The van der Waals surface area contributed by atoms with Crippen molar-refractivity contribution < 1.29 is 23.1 Å². The number of halogens is 3. The monoisotopic (exact) mass is 183 g/mol. The van der Waals surface area contributed by atoms with Crippen molar-refractivity contribution in [3.05, 3.63) is 0 Å². The molecule has 2 N–H and O–H groups in total.